The van der Waals surface area contributed by atoms with Gasteiger partial charge in [-0.15, -0.1) is 0 Å². The molecule has 90 valence electrons. The van der Waals surface area contributed by atoms with Crippen molar-refractivity contribution >= 4 is 11.8 Å². The van der Waals surface area contributed by atoms with E-state index in [0.717, 1.165) is 30.8 Å². The number of carbonyl (C=O) groups is 1. The van der Waals surface area contributed by atoms with Crippen LogP contribution in [0.1, 0.15) is 12.0 Å². The maximum Gasteiger partial charge on any atom is 0.415 e. The largest absolute Gasteiger partial charge is 0.442 e. The number of piperidine rings is 1. The number of hydrogen-bond donors (Lipinski definition) is 1. The molecule has 1 amide bonds. The first-order valence-corrected chi connectivity index (χ1v) is 6.03. The SMILES string of the molecule is Cc1cccc(N2C(=O)OC3CNCCC32)c1. The maximum absolute atomic E-state index is 11.9. The Morgan fingerprint density at radius 2 is 2.35 bits per heavy atom. The monoisotopic (exact) mass is 232 g/mol. The van der Waals surface area contributed by atoms with Crippen molar-refractivity contribution in [2.75, 3.05) is 18.0 Å². The van der Waals surface area contributed by atoms with Gasteiger partial charge in [-0.05, 0) is 37.6 Å². The highest BCUT2D eigenvalue weighted by atomic mass is 16.6. The molecule has 2 saturated heterocycles. The molecule has 0 radical (unpaired) electrons. The molecule has 2 unspecified atom stereocenters. The number of nitrogens with one attached hydrogen (secondary N) is 1. The number of aryl methyl sites for hydroxylation is 1. The molecule has 4 nitrogen and oxygen atoms in total. The zero-order chi connectivity index (χ0) is 11.8. The fourth-order valence-electron chi connectivity index (χ4n) is 2.63. The second-order valence-corrected chi connectivity index (χ2v) is 4.69. The van der Waals surface area contributed by atoms with Crippen LogP contribution in [0.4, 0.5) is 10.5 Å². The molecule has 0 aliphatic carbocycles. The fraction of sp³-hybridized carbons (Fsp3) is 0.462. The Morgan fingerprint density at radius 1 is 1.47 bits per heavy atom. The van der Waals surface area contributed by atoms with Crippen molar-refractivity contribution in [3.05, 3.63) is 29.8 Å². The number of hydrogen-bond acceptors (Lipinski definition) is 3. The van der Waals surface area contributed by atoms with E-state index in [-0.39, 0.29) is 18.2 Å². The van der Waals surface area contributed by atoms with Crippen LogP contribution in [0, 0.1) is 6.92 Å². The number of rotatable bonds is 1. The minimum Gasteiger partial charge on any atom is -0.442 e. The van der Waals surface area contributed by atoms with E-state index in [0.29, 0.717) is 0 Å². The van der Waals surface area contributed by atoms with Crippen LogP contribution in [-0.2, 0) is 4.74 Å². The normalized spacial score (nSPS) is 27.8. The first kappa shape index (κ1) is 10.6. The molecule has 2 aliphatic heterocycles. The maximum atomic E-state index is 11.9. The lowest BCUT2D eigenvalue weighted by molar-refractivity contribution is 0.121. The molecule has 0 saturated carbocycles. The third-order valence-corrected chi connectivity index (χ3v) is 3.45. The van der Waals surface area contributed by atoms with E-state index in [2.05, 4.69) is 5.32 Å². The fourth-order valence-corrected chi connectivity index (χ4v) is 2.63. The smallest absolute Gasteiger partial charge is 0.415 e. The van der Waals surface area contributed by atoms with Gasteiger partial charge in [0.1, 0.15) is 6.10 Å². The quantitative estimate of drug-likeness (QED) is 0.801. The van der Waals surface area contributed by atoms with Crippen LogP contribution >= 0.6 is 0 Å². The van der Waals surface area contributed by atoms with E-state index in [9.17, 15) is 4.79 Å². The van der Waals surface area contributed by atoms with Gasteiger partial charge in [0.15, 0.2) is 0 Å². The molecule has 2 aliphatic rings. The van der Waals surface area contributed by atoms with Crippen molar-refractivity contribution in [2.24, 2.45) is 0 Å². The molecule has 4 heteroatoms. The Bertz CT molecular complexity index is 447. The number of fused-ring (bicyclic) bond motifs is 1. The molecule has 0 spiro atoms. The summed E-state index contributed by atoms with van der Waals surface area (Å²) in [5.74, 6) is 0. The van der Waals surface area contributed by atoms with Gasteiger partial charge in [0.25, 0.3) is 0 Å². The molecule has 2 fully saturated rings. The summed E-state index contributed by atoms with van der Waals surface area (Å²) < 4.78 is 5.40. The van der Waals surface area contributed by atoms with Crippen LogP contribution in [0.15, 0.2) is 24.3 Å². The third kappa shape index (κ3) is 1.78. The van der Waals surface area contributed by atoms with Crippen LogP contribution < -0.4 is 10.2 Å². The second kappa shape index (κ2) is 4.04. The molecule has 0 bridgehead atoms. The third-order valence-electron chi connectivity index (χ3n) is 3.45. The van der Waals surface area contributed by atoms with Gasteiger partial charge in [0.2, 0.25) is 0 Å². The minimum absolute atomic E-state index is 0.00300. The summed E-state index contributed by atoms with van der Waals surface area (Å²) in [5, 5.41) is 3.26. The summed E-state index contributed by atoms with van der Waals surface area (Å²) in [4.78, 5) is 13.7. The zero-order valence-electron chi connectivity index (χ0n) is 9.85. The van der Waals surface area contributed by atoms with Crippen molar-refractivity contribution in [2.45, 2.75) is 25.5 Å². The van der Waals surface area contributed by atoms with E-state index >= 15 is 0 Å². The summed E-state index contributed by atoms with van der Waals surface area (Å²) in [6.45, 7) is 3.74. The lowest BCUT2D eigenvalue weighted by atomic mass is 10.0. The van der Waals surface area contributed by atoms with Gasteiger partial charge in [-0.3, -0.25) is 4.90 Å². The van der Waals surface area contributed by atoms with Crippen molar-refractivity contribution in [1.82, 2.24) is 5.32 Å². The number of amides is 1. The molecular formula is C13H16N2O2. The Morgan fingerprint density at radius 3 is 3.18 bits per heavy atom. The van der Waals surface area contributed by atoms with Gasteiger partial charge in [0.05, 0.1) is 6.04 Å². The summed E-state index contributed by atoms with van der Waals surface area (Å²) in [6, 6.07) is 8.20. The van der Waals surface area contributed by atoms with E-state index in [1.807, 2.05) is 31.2 Å². The summed E-state index contributed by atoms with van der Waals surface area (Å²) >= 11 is 0. The van der Waals surface area contributed by atoms with Crippen LogP contribution in [0.3, 0.4) is 0 Å². The standard InChI is InChI=1S/C13H16N2O2/c1-9-3-2-4-10(7-9)15-11-5-6-14-8-12(11)17-13(15)16/h2-4,7,11-12,14H,5-6,8H2,1H3. The molecule has 0 aromatic heterocycles. The van der Waals surface area contributed by atoms with Gasteiger partial charge >= 0.3 is 6.09 Å². The van der Waals surface area contributed by atoms with Crippen LogP contribution in [0.25, 0.3) is 0 Å². The first-order chi connectivity index (χ1) is 8.25. The Labute approximate surface area is 101 Å². The molecule has 2 heterocycles. The summed E-state index contributed by atoms with van der Waals surface area (Å²) in [7, 11) is 0. The van der Waals surface area contributed by atoms with E-state index in [1.165, 1.54) is 0 Å². The van der Waals surface area contributed by atoms with E-state index in [4.69, 9.17) is 4.74 Å². The summed E-state index contributed by atoms with van der Waals surface area (Å²) in [5.41, 5.74) is 2.11. The van der Waals surface area contributed by atoms with Crippen molar-refractivity contribution in [1.29, 1.82) is 0 Å². The lowest BCUT2D eigenvalue weighted by Crippen LogP contribution is -2.47. The Balaban J connectivity index is 1.93. The first-order valence-electron chi connectivity index (χ1n) is 6.03. The number of anilines is 1. The molecule has 1 N–H and O–H groups in total. The molecule has 1 aromatic rings. The van der Waals surface area contributed by atoms with Crippen molar-refractivity contribution < 1.29 is 9.53 Å². The predicted molar refractivity (Wildman–Crippen MR) is 65.2 cm³/mol. The number of nitrogens with zero attached hydrogens (tertiary/aromatic N) is 1. The topological polar surface area (TPSA) is 41.6 Å². The van der Waals surface area contributed by atoms with Gasteiger partial charge in [-0.2, -0.15) is 0 Å². The Kier molecular flexibility index (Phi) is 2.52. The van der Waals surface area contributed by atoms with Crippen molar-refractivity contribution in [3.63, 3.8) is 0 Å². The van der Waals surface area contributed by atoms with E-state index < -0.39 is 0 Å². The Hall–Kier alpha value is -1.55. The van der Waals surface area contributed by atoms with Crippen molar-refractivity contribution in [3.8, 4) is 0 Å². The average molecular weight is 232 g/mol. The van der Waals surface area contributed by atoms with E-state index in [1.54, 1.807) is 4.90 Å². The van der Waals surface area contributed by atoms with Crippen LogP contribution in [0.2, 0.25) is 0 Å². The second-order valence-electron chi connectivity index (χ2n) is 4.69. The highest BCUT2D eigenvalue weighted by Gasteiger charge is 2.43. The molecule has 17 heavy (non-hydrogen) atoms. The molecule has 1 aromatic carbocycles. The lowest BCUT2D eigenvalue weighted by Gasteiger charge is -2.28. The predicted octanol–water partition coefficient (Wildman–Crippen LogP) is 1.68. The van der Waals surface area contributed by atoms with Gasteiger partial charge in [-0.25, -0.2) is 4.79 Å². The van der Waals surface area contributed by atoms with Crippen LogP contribution in [0.5, 0.6) is 0 Å². The molecular weight excluding hydrogens is 216 g/mol. The number of benzene rings is 1. The average Bonchev–Trinajstić information content (AvgIpc) is 2.64. The molecule has 3 rings (SSSR count). The van der Waals surface area contributed by atoms with Crippen LogP contribution in [-0.4, -0.2) is 31.3 Å². The summed E-state index contributed by atoms with van der Waals surface area (Å²) in [6.07, 6.45) is 0.732. The van der Waals surface area contributed by atoms with Gasteiger partial charge in [0, 0.05) is 12.2 Å². The minimum atomic E-state index is -0.214. The van der Waals surface area contributed by atoms with Gasteiger partial charge in [-0.1, -0.05) is 12.1 Å². The zero-order valence-corrected chi connectivity index (χ0v) is 9.85. The van der Waals surface area contributed by atoms with Gasteiger partial charge < -0.3 is 10.1 Å². The highest BCUT2D eigenvalue weighted by Crippen LogP contribution is 2.30. The number of ether oxygens (including phenoxy) is 1. The molecule has 2 atom stereocenters. The number of carbonyl (C=O) groups excluding carboxylic acids is 1. The highest BCUT2D eigenvalue weighted by molar-refractivity contribution is 5.90.